The van der Waals surface area contributed by atoms with Gasteiger partial charge in [-0.25, -0.2) is 13.1 Å². The molecule has 0 radical (unpaired) electrons. The minimum atomic E-state index is -3.70. The van der Waals surface area contributed by atoms with E-state index in [1.165, 1.54) is 6.07 Å². The second kappa shape index (κ2) is 6.10. The summed E-state index contributed by atoms with van der Waals surface area (Å²) in [5.41, 5.74) is 0.953. The van der Waals surface area contributed by atoms with Gasteiger partial charge >= 0.3 is 0 Å². The Morgan fingerprint density at radius 3 is 2.83 bits per heavy atom. The van der Waals surface area contributed by atoms with Gasteiger partial charge in [-0.2, -0.15) is 8.75 Å². The summed E-state index contributed by atoms with van der Waals surface area (Å²) in [6.07, 6.45) is 0. The number of thiophene rings is 1. The van der Waals surface area contributed by atoms with Crippen LogP contribution in [-0.4, -0.2) is 17.2 Å². The molecule has 0 saturated heterocycles. The molecule has 9 heteroatoms. The highest BCUT2D eigenvalue weighted by Gasteiger charge is 2.20. The maximum atomic E-state index is 12.5. The average Bonchev–Trinajstić information content (AvgIpc) is 3.32. The number of nitrogens with one attached hydrogen (secondary N) is 1. The number of hydrogen-bond donors (Lipinski definition) is 1. The fourth-order valence-corrected chi connectivity index (χ4v) is 4.71. The molecule has 3 aromatic heterocycles. The SMILES string of the molecule is O=S(=O)(NCc1ccc(-c2cccs2)o1)c1cccc2nsnc12. The van der Waals surface area contributed by atoms with Crippen molar-refractivity contribution in [2.45, 2.75) is 11.4 Å². The summed E-state index contributed by atoms with van der Waals surface area (Å²) in [5, 5.41) is 1.96. The zero-order chi connectivity index (χ0) is 16.6. The van der Waals surface area contributed by atoms with Crippen LogP contribution in [0.5, 0.6) is 0 Å². The molecular formula is C15H11N3O3S3. The minimum absolute atomic E-state index is 0.0711. The molecule has 0 aliphatic heterocycles. The van der Waals surface area contributed by atoms with Gasteiger partial charge in [0.2, 0.25) is 10.0 Å². The van der Waals surface area contributed by atoms with Crippen LogP contribution < -0.4 is 4.72 Å². The molecule has 4 aromatic rings. The van der Waals surface area contributed by atoms with E-state index in [-0.39, 0.29) is 11.4 Å². The Kier molecular flexibility index (Phi) is 3.93. The maximum absolute atomic E-state index is 12.5. The van der Waals surface area contributed by atoms with Crippen LogP contribution in [0.2, 0.25) is 0 Å². The van der Waals surface area contributed by atoms with Gasteiger partial charge < -0.3 is 4.42 Å². The van der Waals surface area contributed by atoms with Crippen molar-refractivity contribution in [1.82, 2.24) is 13.5 Å². The van der Waals surface area contributed by atoms with Gasteiger partial charge in [0.15, 0.2) is 0 Å². The number of sulfonamides is 1. The molecule has 0 atom stereocenters. The average molecular weight is 377 g/mol. The molecule has 1 N–H and O–H groups in total. The lowest BCUT2D eigenvalue weighted by Crippen LogP contribution is -2.23. The summed E-state index contributed by atoms with van der Waals surface area (Å²) >= 11 is 2.56. The maximum Gasteiger partial charge on any atom is 0.243 e. The van der Waals surface area contributed by atoms with E-state index in [0.717, 1.165) is 22.4 Å². The number of aromatic nitrogens is 2. The molecule has 0 spiro atoms. The molecule has 24 heavy (non-hydrogen) atoms. The molecule has 0 fully saturated rings. The first kappa shape index (κ1) is 15.5. The monoisotopic (exact) mass is 377 g/mol. The van der Waals surface area contributed by atoms with Gasteiger partial charge in [-0.15, -0.1) is 11.3 Å². The smallest absolute Gasteiger partial charge is 0.243 e. The van der Waals surface area contributed by atoms with Crippen LogP contribution in [0.3, 0.4) is 0 Å². The van der Waals surface area contributed by atoms with E-state index in [9.17, 15) is 8.42 Å². The molecule has 0 amide bonds. The van der Waals surface area contributed by atoms with E-state index < -0.39 is 10.0 Å². The molecular weight excluding hydrogens is 366 g/mol. The quantitative estimate of drug-likeness (QED) is 0.575. The molecule has 0 bridgehead atoms. The number of fused-ring (bicyclic) bond motifs is 1. The molecule has 0 unspecified atom stereocenters. The first-order valence-electron chi connectivity index (χ1n) is 6.97. The Morgan fingerprint density at radius 1 is 1.08 bits per heavy atom. The van der Waals surface area contributed by atoms with Gasteiger partial charge in [0.05, 0.1) is 23.2 Å². The van der Waals surface area contributed by atoms with E-state index in [0.29, 0.717) is 16.8 Å². The predicted octanol–water partition coefficient (Wildman–Crippen LogP) is 3.49. The van der Waals surface area contributed by atoms with Crippen molar-refractivity contribution in [3.63, 3.8) is 0 Å². The van der Waals surface area contributed by atoms with Gasteiger partial charge in [0.25, 0.3) is 0 Å². The van der Waals surface area contributed by atoms with Crippen molar-refractivity contribution in [3.05, 3.63) is 53.6 Å². The summed E-state index contributed by atoms with van der Waals surface area (Å²) < 4.78 is 41.4. The van der Waals surface area contributed by atoms with Crippen LogP contribution >= 0.6 is 23.1 Å². The third-order valence-electron chi connectivity index (χ3n) is 3.40. The molecule has 0 aliphatic rings. The third-order valence-corrected chi connectivity index (χ3v) is 6.26. The molecule has 0 aliphatic carbocycles. The Hall–Kier alpha value is -2.07. The molecule has 1 aromatic carbocycles. The standard InChI is InChI=1S/C15H11N3O3S3/c19-24(20,14-5-1-3-11-15(14)18-23-17-11)16-9-10-6-7-12(21-10)13-4-2-8-22-13/h1-8,16H,9H2. The molecule has 122 valence electrons. The van der Waals surface area contributed by atoms with Gasteiger partial charge in [0.1, 0.15) is 27.4 Å². The highest BCUT2D eigenvalue weighted by atomic mass is 32.2. The highest BCUT2D eigenvalue weighted by Crippen LogP contribution is 2.27. The molecule has 3 heterocycles. The number of benzene rings is 1. The highest BCUT2D eigenvalue weighted by molar-refractivity contribution is 7.89. The number of hydrogen-bond acceptors (Lipinski definition) is 7. The van der Waals surface area contributed by atoms with Crippen LogP contribution in [0.25, 0.3) is 21.7 Å². The Balaban J connectivity index is 1.56. The van der Waals surface area contributed by atoms with Crippen molar-refractivity contribution in [2.24, 2.45) is 0 Å². The topological polar surface area (TPSA) is 85.1 Å². The first-order chi connectivity index (χ1) is 11.6. The predicted molar refractivity (Wildman–Crippen MR) is 93.5 cm³/mol. The fourth-order valence-electron chi connectivity index (χ4n) is 2.27. The Labute approximate surface area is 146 Å². The second-order valence-electron chi connectivity index (χ2n) is 4.96. The Morgan fingerprint density at radius 2 is 2.00 bits per heavy atom. The number of nitrogens with zero attached hydrogens (tertiary/aromatic N) is 2. The van der Waals surface area contributed by atoms with Crippen LogP contribution in [0.15, 0.2) is 57.2 Å². The van der Waals surface area contributed by atoms with Gasteiger partial charge in [-0.3, -0.25) is 0 Å². The Bertz CT molecular complexity index is 1080. The molecule has 0 saturated carbocycles. The van der Waals surface area contributed by atoms with Crippen molar-refractivity contribution in [1.29, 1.82) is 0 Å². The minimum Gasteiger partial charge on any atom is -0.459 e. The molecule has 6 nitrogen and oxygen atoms in total. The van der Waals surface area contributed by atoms with E-state index >= 15 is 0 Å². The van der Waals surface area contributed by atoms with Crippen LogP contribution in [0, 0.1) is 0 Å². The zero-order valence-corrected chi connectivity index (χ0v) is 14.6. The van der Waals surface area contributed by atoms with E-state index in [1.807, 2.05) is 23.6 Å². The normalized spacial score (nSPS) is 12.0. The van der Waals surface area contributed by atoms with Crippen LogP contribution in [-0.2, 0) is 16.6 Å². The lowest BCUT2D eigenvalue weighted by molar-refractivity contribution is 0.510. The summed E-state index contributed by atoms with van der Waals surface area (Å²) in [6, 6.07) is 12.4. The first-order valence-corrected chi connectivity index (χ1v) is 10.1. The van der Waals surface area contributed by atoms with Crippen LogP contribution in [0.1, 0.15) is 5.76 Å². The van der Waals surface area contributed by atoms with Gasteiger partial charge in [-0.05, 0) is 35.7 Å². The number of furan rings is 1. The lowest BCUT2D eigenvalue weighted by atomic mass is 10.3. The van der Waals surface area contributed by atoms with Crippen molar-refractivity contribution in [3.8, 4) is 10.6 Å². The summed E-state index contributed by atoms with van der Waals surface area (Å²) in [5.74, 6) is 1.27. The van der Waals surface area contributed by atoms with E-state index in [1.54, 1.807) is 29.5 Å². The lowest BCUT2D eigenvalue weighted by Gasteiger charge is -2.05. The van der Waals surface area contributed by atoms with Gasteiger partial charge in [0, 0.05) is 0 Å². The van der Waals surface area contributed by atoms with Gasteiger partial charge in [-0.1, -0.05) is 12.1 Å². The molecule has 4 rings (SSSR count). The van der Waals surface area contributed by atoms with E-state index in [2.05, 4.69) is 13.5 Å². The van der Waals surface area contributed by atoms with Crippen molar-refractivity contribution in [2.75, 3.05) is 0 Å². The number of rotatable bonds is 5. The zero-order valence-electron chi connectivity index (χ0n) is 12.2. The third kappa shape index (κ3) is 2.86. The second-order valence-corrected chi connectivity index (χ2v) is 8.17. The van der Waals surface area contributed by atoms with Crippen molar-refractivity contribution >= 4 is 44.1 Å². The van der Waals surface area contributed by atoms with Crippen LogP contribution in [0.4, 0.5) is 0 Å². The summed E-state index contributed by atoms with van der Waals surface area (Å²) in [7, 11) is -3.70. The fraction of sp³-hybridized carbons (Fsp3) is 0.0667. The van der Waals surface area contributed by atoms with Crippen molar-refractivity contribution < 1.29 is 12.8 Å². The summed E-state index contributed by atoms with van der Waals surface area (Å²) in [4.78, 5) is 1.13. The van der Waals surface area contributed by atoms with E-state index in [4.69, 9.17) is 4.42 Å². The largest absolute Gasteiger partial charge is 0.459 e. The summed E-state index contributed by atoms with van der Waals surface area (Å²) in [6.45, 7) is 0.0711.